The molecule has 9 heteroatoms. The maximum Gasteiger partial charge on any atom is 0.312 e. The van der Waals surface area contributed by atoms with E-state index in [1.807, 2.05) is 0 Å². The Bertz CT molecular complexity index is 653. The molecule has 1 aliphatic carbocycles. The van der Waals surface area contributed by atoms with Crippen LogP contribution in [0.5, 0.6) is 5.75 Å². The van der Waals surface area contributed by atoms with Gasteiger partial charge in [-0.25, -0.2) is 13.6 Å². The largest absolute Gasteiger partial charge is 0.485 e. The first-order chi connectivity index (χ1) is 9.71. The smallest absolute Gasteiger partial charge is 0.312 e. The Labute approximate surface area is 122 Å². The number of nitrogens with two attached hydrogens (primary N) is 2. The molecule has 0 bridgehead atoms. The molecule has 0 atom stereocenters. The molecule has 116 valence electrons. The number of ether oxygens (including phenoxy) is 1. The fourth-order valence-electron chi connectivity index (χ4n) is 2.38. The SMILES string of the molecule is NC1(COc2ccc(S(N)(=O)=O)cc2[N+](=O)[O-])CCCC1. The highest BCUT2D eigenvalue weighted by molar-refractivity contribution is 7.89. The summed E-state index contributed by atoms with van der Waals surface area (Å²) in [7, 11) is -4.00. The Balaban J connectivity index is 2.25. The normalized spacial score (nSPS) is 17.6. The van der Waals surface area contributed by atoms with Crippen molar-refractivity contribution in [1.82, 2.24) is 0 Å². The second-order valence-corrected chi connectivity index (χ2v) is 6.85. The van der Waals surface area contributed by atoms with Crippen LogP contribution in [0, 0.1) is 10.1 Å². The number of nitro groups is 1. The minimum absolute atomic E-state index is 0.0101. The highest BCUT2D eigenvalue weighted by Gasteiger charge is 2.31. The van der Waals surface area contributed by atoms with Gasteiger partial charge in [-0.2, -0.15) is 0 Å². The van der Waals surface area contributed by atoms with Gasteiger partial charge in [-0.15, -0.1) is 0 Å². The van der Waals surface area contributed by atoms with E-state index in [0.29, 0.717) is 0 Å². The summed E-state index contributed by atoms with van der Waals surface area (Å²) in [6, 6.07) is 3.30. The number of hydrogen-bond donors (Lipinski definition) is 2. The van der Waals surface area contributed by atoms with Crippen molar-refractivity contribution in [1.29, 1.82) is 0 Å². The van der Waals surface area contributed by atoms with E-state index in [4.69, 9.17) is 15.6 Å². The standard InChI is InChI=1S/C12H17N3O5S/c13-12(5-1-2-6-12)8-20-11-4-3-9(21(14,18)19)7-10(11)15(16)17/h3-4,7H,1-2,5-6,8,13H2,(H2,14,18,19). The van der Waals surface area contributed by atoms with Crippen molar-refractivity contribution < 1.29 is 18.1 Å². The van der Waals surface area contributed by atoms with Crippen molar-refractivity contribution in [2.75, 3.05) is 6.61 Å². The summed E-state index contributed by atoms with van der Waals surface area (Å²) in [4.78, 5) is 10.0. The predicted octanol–water partition coefficient (Wildman–Crippen LogP) is 0.893. The molecule has 0 aromatic heterocycles. The van der Waals surface area contributed by atoms with Gasteiger partial charge in [0.15, 0.2) is 5.75 Å². The number of hydrogen-bond acceptors (Lipinski definition) is 6. The minimum Gasteiger partial charge on any atom is -0.485 e. The van der Waals surface area contributed by atoms with Crippen LogP contribution in [0.2, 0.25) is 0 Å². The molecule has 2 rings (SSSR count). The van der Waals surface area contributed by atoms with Crippen LogP contribution in [-0.2, 0) is 10.0 Å². The zero-order valence-electron chi connectivity index (χ0n) is 11.3. The lowest BCUT2D eigenvalue weighted by Crippen LogP contribution is -2.42. The lowest BCUT2D eigenvalue weighted by Gasteiger charge is -2.23. The maximum absolute atomic E-state index is 11.2. The van der Waals surface area contributed by atoms with E-state index in [1.165, 1.54) is 12.1 Å². The molecule has 0 amide bonds. The second-order valence-electron chi connectivity index (χ2n) is 5.29. The number of primary sulfonamides is 1. The lowest BCUT2D eigenvalue weighted by atomic mass is 10.0. The molecule has 1 saturated carbocycles. The van der Waals surface area contributed by atoms with E-state index in [2.05, 4.69) is 0 Å². The quantitative estimate of drug-likeness (QED) is 0.611. The highest BCUT2D eigenvalue weighted by Crippen LogP contribution is 2.32. The number of nitro benzene ring substituents is 1. The van der Waals surface area contributed by atoms with Gasteiger partial charge in [0.2, 0.25) is 10.0 Å². The topological polar surface area (TPSA) is 139 Å². The summed E-state index contributed by atoms with van der Waals surface area (Å²) in [5.74, 6) is -0.0101. The van der Waals surface area contributed by atoms with Gasteiger partial charge in [0, 0.05) is 6.07 Å². The Morgan fingerprint density at radius 1 is 1.33 bits per heavy atom. The molecule has 0 aliphatic heterocycles. The summed E-state index contributed by atoms with van der Waals surface area (Å²) in [5, 5.41) is 16.0. The van der Waals surface area contributed by atoms with Crippen molar-refractivity contribution in [3.63, 3.8) is 0 Å². The molecule has 0 spiro atoms. The molecule has 4 N–H and O–H groups in total. The summed E-state index contributed by atoms with van der Waals surface area (Å²) in [6.07, 6.45) is 3.62. The molecule has 21 heavy (non-hydrogen) atoms. The van der Waals surface area contributed by atoms with Gasteiger partial charge >= 0.3 is 5.69 Å². The number of benzene rings is 1. The van der Waals surface area contributed by atoms with Crippen molar-refractivity contribution in [2.45, 2.75) is 36.1 Å². The van der Waals surface area contributed by atoms with Crippen molar-refractivity contribution in [3.05, 3.63) is 28.3 Å². The summed E-state index contributed by atoms with van der Waals surface area (Å²) in [6.45, 7) is 0.155. The first-order valence-electron chi connectivity index (χ1n) is 6.44. The molecule has 1 aromatic rings. The molecule has 1 aromatic carbocycles. The fourth-order valence-corrected chi connectivity index (χ4v) is 2.92. The van der Waals surface area contributed by atoms with Crippen LogP contribution in [0.15, 0.2) is 23.1 Å². The minimum atomic E-state index is -4.00. The van der Waals surface area contributed by atoms with Gasteiger partial charge in [0.1, 0.15) is 6.61 Å². The maximum atomic E-state index is 11.2. The van der Waals surface area contributed by atoms with Crippen molar-refractivity contribution in [3.8, 4) is 5.75 Å². The van der Waals surface area contributed by atoms with Gasteiger partial charge in [-0.1, -0.05) is 12.8 Å². The Hall–Kier alpha value is -1.71. The van der Waals surface area contributed by atoms with Gasteiger partial charge in [-0.05, 0) is 25.0 Å². The van der Waals surface area contributed by atoms with Crippen molar-refractivity contribution in [2.24, 2.45) is 10.9 Å². The van der Waals surface area contributed by atoms with Crippen molar-refractivity contribution >= 4 is 15.7 Å². The highest BCUT2D eigenvalue weighted by atomic mass is 32.2. The average molecular weight is 315 g/mol. The summed E-state index contributed by atoms with van der Waals surface area (Å²) >= 11 is 0. The number of sulfonamides is 1. The third-order valence-corrected chi connectivity index (χ3v) is 4.48. The second kappa shape index (κ2) is 5.58. The van der Waals surface area contributed by atoms with Crippen LogP contribution in [0.1, 0.15) is 25.7 Å². The van der Waals surface area contributed by atoms with Crippen LogP contribution in [0.25, 0.3) is 0 Å². The third kappa shape index (κ3) is 3.69. The zero-order valence-corrected chi connectivity index (χ0v) is 12.1. The van der Waals surface area contributed by atoms with Crippen LogP contribution in [-0.4, -0.2) is 25.5 Å². The molecule has 8 nitrogen and oxygen atoms in total. The van der Waals surface area contributed by atoms with Crippen LogP contribution >= 0.6 is 0 Å². The monoisotopic (exact) mass is 315 g/mol. The van der Waals surface area contributed by atoms with E-state index < -0.39 is 26.2 Å². The summed E-state index contributed by atoms with van der Waals surface area (Å²) < 4.78 is 27.9. The predicted molar refractivity (Wildman–Crippen MR) is 75.4 cm³/mol. The van der Waals surface area contributed by atoms with E-state index >= 15 is 0 Å². The van der Waals surface area contributed by atoms with Crippen LogP contribution in [0.3, 0.4) is 0 Å². The number of rotatable bonds is 5. The van der Waals surface area contributed by atoms with E-state index in [-0.39, 0.29) is 17.3 Å². The van der Waals surface area contributed by atoms with Gasteiger partial charge in [0.05, 0.1) is 15.4 Å². The number of nitrogens with zero attached hydrogens (tertiary/aromatic N) is 1. The van der Waals surface area contributed by atoms with Gasteiger partial charge in [0.25, 0.3) is 0 Å². The van der Waals surface area contributed by atoms with E-state index in [0.717, 1.165) is 31.7 Å². The first-order valence-corrected chi connectivity index (χ1v) is 7.99. The molecular formula is C12H17N3O5S. The molecule has 0 unspecified atom stereocenters. The molecular weight excluding hydrogens is 298 g/mol. The lowest BCUT2D eigenvalue weighted by molar-refractivity contribution is -0.386. The van der Waals surface area contributed by atoms with E-state index in [1.54, 1.807) is 0 Å². The van der Waals surface area contributed by atoms with Gasteiger partial charge in [-0.3, -0.25) is 10.1 Å². The Kier molecular flexibility index (Phi) is 4.17. The first kappa shape index (κ1) is 15.7. The fraction of sp³-hybridized carbons (Fsp3) is 0.500. The third-order valence-electron chi connectivity index (χ3n) is 3.57. The molecule has 1 aliphatic rings. The molecule has 0 saturated heterocycles. The molecule has 1 fully saturated rings. The Morgan fingerprint density at radius 2 is 1.95 bits per heavy atom. The molecule has 0 radical (unpaired) electrons. The van der Waals surface area contributed by atoms with Crippen LogP contribution < -0.4 is 15.6 Å². The van der Waals surface area contributed by atoms with Gasteiger partial charge < -0.3 is 10.5 Å². The average Bonchev–Trinajstić information content (AvgIpc) is 2.82. The molecule has 0 heterocycles. The Morgan fingerprint density at radius 3 is 2.48 bits per heavy atom. The van der Waals surface area contributed by atoms with Crippen LogP contribution in [0.4, 0.5) is 5.69 Å². The summed E-state index contributed by atoms with van der Waals surface area (Å²) in [5.41, 5.74) is 5.20. The van der Waals surface area contributed by atoms with E-state index in [9.17, 15) is 18.5 Å². The zero-order chi connectivity index (χ0) is 15.7.